The Morgan fingerprint density at radius 2 is 1.81 bits per heavy atom. The van der Waals surface area contributed by atoms with Crippen molar-refractivity contribution < 1.29 is 9.53 Å². The molecule has 5 rings (SSSR count). The zero-order valence-corrected chi connectivity index (χ0v) is 20.9. The number of carbonyl (C=O) groups excluding carboxylic acids is 1. The minimum atomic E-state index is -0.422. The lowest BCUT2D eigenvalue weighted by atomic mass is 10.1. The molecule has 7 nitrogen and oxygen atoms in total. The van der Waals surface area contributed by atoms with Gasteiger partial charge in [0.05, 0.1) is 17.9 Å². The van der Waals surface area contributed by atoms with Crippen LogP contribution in [0.15, 0.2) is 100 Å². The number of hydrogen-bond acceptors (Lipinski definition) is 6. The van der Waals surface area contributed by atoms with Crippen molar-refractivity contribution in [2.24, 2.45) is 5.10 Å². The number of hydrazone groups is 1. The number of fused-ring (bicyclic) bond motifs is 1. The molecule has 5 aromatic rings. The molecule has 0 saturated heterocycles. The van der Waals surface area contributed by atoms with Gasteiger partial charge in [0, 0.05) is 10.9 Å². The van der Waals surface area contributed by atoms with E-state index in [-0.39, 0.29) is 12.1 Å². The van der Waals surface area contributed by atoms with E-state index in [9.17, 15) is 9.59 Å². The lowest BCUT2D eigenvalue weighted by molar-refractivity contribution is -0.121. The summed E-state index contributed by atoms with van der Waals surface area (Å²) in [5.41, 5.74) is 7.08. The Hall–Kier alpha value is -4.56. The number of hydrogen-bond donors (Lipinski definition) is 1. The van der Waals surface area contributed by atoms with Gasteiger partial charge in [0.2, 0.25) is 0 Å². The van der Waals surface area contributed by atoms with Crippen LogP contribution in [0.25, 0.3) is 21.3 Å². The number of aromatic nitrogens is 2. The van der Waals surface area contributed by atoms with Gasteiger partial charge in [0.25, 0.3) is 11.5 Å². The van der Waals surface area contributed by atoms with Crippen molar-refractivity contribution in [3.63, 3.8) is 0 Å². The molecule has 8 heteroatoms. The first-order valence-corrected chi connectivity index (χ1v) is 12.6. The number of nitrogens with zero attached hydrogens (tertiary/aromatic N) is 3. The molecule has 0 saturated carbocycles. The molecule has 0 radical (unpaired) electrons. The maximum absolute atomic E-state index is 13.1. The van der Waals surface area contributed by atoms with Crippen LogP contribution in [0.5, 0.6) is 5.75 Å². The standard InChI is InChI=1S/C29H24N4O3S/c1-20-7-9-22(10-8-20)17-36-24-13-11-21(12-14-24)15-31-32-26(34)16-33-19-30-28-27(29(33)35)25(18-37-28)23-5-3-2-4-6-23/h2-15,18-19H,16-17H2,1H3,(H,32,34). The molecule has 0 aliphatic heterocycles. The summed E-state index contributed by atoms with van der Waals surface area (Å²) in [5, 5.41) is 6.45. The summed E-state index contributed by atoms with van der Waals surface area (Å²) in [6.07, 6.45) is 2.94. The maximum atomic E-state index is 13.1. The van der Waals surface area contributed by atoms with E-state index in [0.29, 0.717) is 16.8 Å². The average molecular weight is 509 g/mol. The number of amides is 1. The zero-order chi connectivity index (χ0) is 25.6. The van der Waals surface area contributed by atoms with E-state index in [4.69, 9.17) is 4.74 Å². The second kappa shape index (κ2) is 11.0. The molecular formula is C29H24N4O3S. The first-order chi connectivity index (χ1) is 18.1. The number of benzene rings is 3. The minimum absolute atomic E-state index is 0.186. The smallest absolute Gasteiger partial charge is 0.263 e. The SMILES string of the molecule is Cc1ccc(COc2ccc(C=NNC(=O)Cn3cnc4scc(-c5ccccc5)c4c3=O)cc2)cc1. The summed E-state index contributed by atoms with van der Waals surface area (Å²) in [6.45, 7) is 2.35. The van der Waals surface area contributed by atoms with Crippen LogP contribution < -0.4 is 15.7 Å². The van der Waals surface area contributed by atoms with Gasteiger partial charge in [0.1, 0.15) is 23.7 Å². The van der Waals surface area contributed by atoms with Gasteiger partial charge in [-0.1, -0.05) is 60.2 Å². The van der Waals surface area contributed by atoms with Gasteiger partial charge in [-0.3, -0.25) is 14.2 Å². The van der Waals surface area contributed by atoms with Gasteiger partial charge < -0.3 is 4.74 Å². The van der Waals surface area contributed by atoms with Crippen LogP contribution in [0.2, 0.25) is 0 Å². The first kappa shape index (κ1) is 24.1. The molecule has 0 fully saturated rings. The highest BCUT2D eigenvalue weighted by atomic mass is 32.1. The van der Waals surface area contributed by atoms with Gasteiger partial charge in [-0.15, -0.1) is 11.3 Å². The molecule has 0 aliphatic rings. The number of nitrogens with one attached hydrogen (secondary N) is 1. The third-order valence-electron chi connectivity index (χ3n) is 5.77. The van der Waals surface area contributed by atoms with Gasteiger partial charge in [0.15, 0.2) is 0 Å². The van der Waals surface area contributed by atoms with E-state index in [0.717, 1.165) is 28.0 Å². The highest BCUT2D eigenvalue weighted by Gasteiger charge is 2.14. The second-order valence-electron chi connectivity index (χ2n) is 8.51. The Kier molecular flexibility index (Phi) is 7.19. The number of rotatable bonds is 8. The monoisotopic (exact) mass is 508 g/mol. The molecule has 3 aromatic carbocycles. The van der Waals surface area contributed by atoms with Crippen molar-refractivity contribution in [3.05, 3.63) is 118 Å². The molecule has 0 spiro atoms. The molecule has 0 atom stereocenters. The quantitative estimate of drug-likeness (QED) is 0.232. The van der Waals surface area contributed by atoms with E-state index in [1.54, 1.807) is 0 Å². The molecule has 184 valence electrons. The molecule has 0 aliphatic carbocycles. The van der Waals surface area contributed by atoms with Crippen LogP contribution >= 0.6 is 11.3 Å². The summed E-state index contributed by atoms with van der Waals surface area (Å²) < 4.78 is 7.11. The molecule has 0 unspecified atom stereocenters. The topological polar surface area (TPSA) is 85.6 Å². The van der Waals surface area contributed by atoms with Crippen LogP contribution in [-0.4, -0.2) is 21.7 Å². The van der Waals surface area contributed by atoms with Crippen molar-refractivity contribution in [1.82, 2.24) is 15.0 Å². The fourth-order valence-electron chi connectivity index (χ4n) is 3.78. The Morgan fingerprint density at radius 1 is 1.05 bits per heavy atom. The normalized spacial score (nSPS) is 11.2. The predicted octanol–water partition coefficient (Wildman–Crippen LogP) is 5.16. The van der Waals surface area contributed by atoms with Crippen LogP contribution in [0.1, 0.15) is 16.7 Å². The Labute approximate surface area is 217 Å². The van der Waals surface area contributed by atoms with Crippen molar-refractivity contribution >= 4 is 33.7 Å². The molecule has 0 bridgehead atoms. The molecule has 1 N–H and O–H groups in total. The first-order valence-electron chi connectivity index (χ1n) is 11.7. The van der Waals surface area contributed by atoms with E-state index in [1.807, 2.05) is 72.1 Å². The molecule has 1 amide bonds. The number of aryl methyl sites for hydroxylation is 1. The highest BCUT2D eigenvalue weighted by Crippen LogP contribution is 2.30. The predicted molar refractivity (Wildman–Crippen MR) is 147 cm³/mol. The molecule has 2 heterocycles. The van der Waals surface area contributed by atoms with E-state index in [2.05, 4.69) is 34.6 Å². The van der Waals surface area contributed by atoms with Crippen LogP contribution in [-0.2, 0) is 17.9 Å². The number of ether oxygens (including phenoxy) is 1. The van der Waals surface area contributed by atoms with Gasteiger partial charge >= 0.3 is 0 Å². The maximum Gasteiger partial charge on any atom is 0.263 e. The van der Waals surface area contributed by atoms with Crippen molar-refractivity contribution in [1.29, 1.82) is 0 Å². The van der Waals surface area contributed by atoms with E-state index >= 15 is 0 Å². The lowest BCUT2D eigenvalue weighted by Gasteiger charge is -2.07. The second-order valence-corrected chi connectivity index (χ2v) is 9.37. The molecule has 2 aromatic heterocycles. The van der Waals surface area contributed by atoms with Crippen LogP contribution in [0.3, 0.4) is 0 Å². The Bertz CT molecular complexity index is 1610. The Balaban J connectivity index is 1.19. The van der Waals surface area contributed by atoms with Gasteiger partial charge in [-0.25, -0.2) is 10.4 Å². The van der Waals surface area contributed by atoms with E-state index in [1.165, 1.54) is 34.0 Å². The van der Waals surface area contributed by atoms with Crippen LogP contribution in [0, 0.1) is 6.92 Å². The third-order valence-corrected chi connectivity index (χ3v) is 6.65. The van der Waals surface area contributed by atoms with Gasteiger partial charge in [-0.2, -0.15) is 5.10 Å². The average Bonchev–Trinajstić information content (AvgIpc) is 3.36. The summed E-state index contributed by atoms with van der Waals surface area (Å²) in [4.78, 5) is 30.6. The number of carbonyl (C=O) groups is 1. The van der Waals surface area contributed by atoms with Crippen molar-refractivity contribution in [3.8, 4) is 16.9 Å². The zero-order valence-electron chi connectivity index (χ0n) is 20.1. The fourth-order valence-corrected chi connectivity index (χ4v) is 4.69. The third kappa shape index (κ3) is 5.82. The molecule has 37 heavy (non-hydrogen) atoms. The summed E-state index contributed by atoms with van der Waals surface area (Å²) in [5.74, 6) is 0.321. The van der Waals surface area contributed by atoms with E-state index < -0.39 is 5.91 Å². The van der Waals surface area contributed by atoms with Gasteiger partial charge in [-0.05, 0) is 47.9 Å². The van der Waals surface area contributed by atoms with Crippen LogP contribution in [0.4, 0.5) is 0 Å². The van der Waals surface area contributed by atoms with Crippen molar-refractivity contribution in [2.45, 2.75) is 20.1 Å². The summed E-state index contributed by atoms with van der Waals surface area (Å²) in [6, 6.07) is 25.3. The lowest BCUT2D eigenvalue weighted by Crippen LogP contribution is -2.30. The summed E-state index contributed by atoms with van der Waals surface area (Å²) in [7, 11) is 0. The highest BCUT2D eigenvalue weighted by molar-refractivity contribution is 7.17. The largest absolute Gasteiger partial charge is 0.489 e. The van der Waals surface area contributed by atoms with Crippen molar-refractivity contribution in [2.75, 3.05) is 0 Å². The molecular weight excluding hydrogens is 484 g/mol. The minimum Gasteiger partial charge on any atom is -0.489 e. The number of thiophene rings is 1. The Morgan fingerprint density at radius 3 is 2.57 bits per heavy atom. The summed E-state index contributed by atoms with van der Waals surface area (Å²) >= 11 is 1.41. The fraction of sp³-hybridized carbons (Fsp3) is 0.103.